The van der Waals surface area contributed by atoms with Crippen LogP contribution in [0, 0.1) is 10.1 Å². The standard InChI is InChI=1S/C34H46N2O6/c1-3-4-5-6-7-8-9-10-11-12-13-14-15-16-24-35-31(27-18-17-19-28(25-27)36(40)41)30(33(38)34(35)39)32(37)26-20-22-29(42-2)23-21-26/h17-23,25,31,37H,3-16,24H2,1-2H3/b32-30+/t31-/m1/s1. The van der Waals surface area contributed by atoms with Gasteiger partial charge in [0.2, 0.25) is 0 Å². The number of carbonyl (C=O) groups is 2. The van der Waals surface area contributed by atoms with Gasteiger partial charge in [-0.05, 0) is 36.2 Å². The van der Waals surface area contributed by atoms with Gasteiger partial charge in [0.15, 0.2) is 0 Å². The van der Waals surface area contributed by atoms with E-state index in [-0.39, 0.29) is 17.0 Å². The van der Waals surface area contributed by atoms with E-state index in [0.717, 1.165) is 19.3 Å². The molecule has 0 spiro atoms. The van der Waals surface area contributed by atoms with E-state index in [2.05, 4.69) is 6.92 Å². The number of nitrogens with zero attached hydrogens (tertiary/aromatic N) is 2. The van der Waals surface area contributed by atoms with Crippen LogP contribution in [0.2, 0.25) is 0 Å². The summed E-state index contributed by atoms with van der Waals surface area (Å²) in [6, 6.07) is 11.6. The summed E-state index contributed by atoms with van der Waals surface area (Å²) >= 11 is 0. The number of hydrogen-bond donors (Lipinski definition) is 1. The summed E-state index contributed by atoms with van der Waals surface area (Å²) in [7, 11) is 1.53. The minimum Gasteiger partial charge on any atom is -0.507 e. The van der Waals surface area contributed by atoms with E-state index in [0.29, 0.717) is 29.8 Å². The Morgan fingerprint density at radius 2 is 1.40 bits per heavy atom. The number of amides is 1. The second-order valence-electron chi connectivity index (χ2n) is 11.2. The third-order valence-corrected chi connectivity index (χ3v) is 8.05. The molecule has 1 aliphatic rings. The maximum Gasteiger partial charge on any atom is 0.295 e. The molecule has 1 heterocycles. The number of nitro groups is 1. The highest BCUT2D eigenvalue weighted by atomic mass is 16.6. The second-order valence-corrected chi connectivity index (χ2v) is 11.2. The number of hydrogen-bond acceptors (Lipinski definition) is 6. The largest absolute Gasteiger partial charge is 0.507 e. The molecule has 2 aromatic carbocycles. The van der Waals surface area contributed by atoms with Crippen molar-refractivity contribution in [3.63, 3.8) is 0 Å². The molecule has 0 radical (unpaired) electrons. The van der Waals surface area contributed by atoms with E-state index < -0.39 is 22.7 Å². The predicted octanol–water partition coefficient (Wildman–Crippen LogP) is 8.51. The molecule has 3 rings (SSSR count). The van der Waals surface area contributed by atoms with E-state index in [1.807, 2.05) is 0 Å². The lowest BCUT2D eigenvalue weighted by atomic mass is 9.95. The van der Waals surface area contributed by atoms with Crippen LogP contribution in [-0.4, -0.2) is 40.3 Å². The number of aliphatic hydroxyl groups is 1. The third-order valence-electron chi connectivity index (χ3n) is 8.05. The van der Waals surface area contributed by atoms with Gasteiger partial charge in [-0.1, -0.05) is 103 Å². The lowest BCUT2D eigenvalue weighted by Gasteiger charge is -2.25. The summed E-state index contributed by atoms with van der Waals surface area (Å²) in [6.45, 7) is 2.57. The molecule has 0 bridgehead atoms. The highest BCUT2D eigenvalue weighted by Crippen LogP contribution is 2.40. The number of non-ortho nitro benzene ring substituents is 1. The Morgan fingerprint density at radius 3 is 1.93 bits per heavy atom. The van der Waals surface area contributed by atoms with Crippen molar-refractivity contribution < 1.29 is 24.4 Å². The first-order valence-electron chi connectivity index (χ1n) is 15.6. The van der Waals surface area contributed by atoms with Gasteiger partial charge >= 0.3 is 0 Å². The first-order valence-corrected chi connectivity index (χ1v) is 15.6. The van der Waals surface area contributed by atoms with Crippen LogP contribution in [0.1, 0.15) is 114 Å². The molecule has 8 heteroatoms. The van der Waals surface area contributed by atoms with Gasteiger partial charge in [-0.15, -0.1) is 0 Å². The molecule has 1 N–H and O–H groups in total. The van der Waals surface area contributed by atoms with Crippen LogP contribution in [0.3, 0.4) is 0 Å². The molecule has 1 atom stereocenters. The Balaban J connectivity index is 1.61. The van der Waals surface area contributed by atoms with Gasteiger partial charge in [0.25, 0.3) is 17.4 Å². The van der Waals surface area contributed by atoms with Crippen LogP contribution in [0.4, 0.5) is 5.69 Å². The number of benzene rings is 2. The predicted molar refractivity (Wildman–Crippen MR) is 165 cm³/mol. The van der Waals surface area contributed by atoms with E-state index in [4.69, 9.17) is 4.74 Å². The topological polar surface area (TPSA) is 110 Å². The Kier molecular flexibility index (Phi) is 13.5. The highest BCUT2D eigenvalue weighted by Gasteiger charge is 2.46. The highest BCUT2D eigenvalue weighted by molar-refractivity contribution is 6.46. The summed E-state index contributed by atoms with van der Waals surface area (Å²) < 4.78 is 5.18. The van der Waals surface area contributed by atoms with Gasteiger partial charge in [0.05, 0.1) is 23.6 Å². The molecule has 228 valence electrons. The molecular weight excluding hydrogens is 532 g/mol. The molecule has 0 aromatic heterocycles. The maximum atomic E-state index is 13.2. The fourth-order valence-corrected chi connectivity index (χ4v) is 5.65. The zero-order valence-corrected chi connectivity index (χ0v) is 25.2. The molecule has 1 saturated heterocycles. The molecule has 8 nitrogen and oxygen atoms in total. The van der Waals surface area contributed by atoms with Crippen molar-refractivity contribution in [1.82, 2.24) is 4.90 Å². The Labute approximate surface area is 249 Å². The first kappa shape index (κ1) is 32.8. The molecule has 1 fully saturated rings. The molecule has 0 saturated carbocycles. The van der Waals surface area contributed by atoms with E-state index >= 15 is 0 Å². The monoisotopic (exact) mass is 578 g/mol. The van der Waals surface area contributed by atoms with Crippen LogP contribution < -0.4 is 4.74 Å². The van der Waals surface area contributed by atoms with Crippen molar-refractivity contribution in [2.75, 3.05) is 13.7 Å². The molecule has 2 aromatic rings. The van der Waals surface area contributed by atoms with Crippen molar-refractivity contribution in [2.45, 2.75) is 103 Å². The van der Waals surface area contributed by atoms with Gasteiger partial charge in [-0.3, -0.25) is 19.7 Å². The molecule has 1 amide bonds. The van der Waals surface area contributed by atoms with Crippen molar-refractivity contribution in [3.05, 3.63) is 75.3 Å². The Morgan fingerprint density at radius 1 is 0.857 bits per heavy atom. The van der Waals surface area contributed by atoms with Gasteiger partial charge in [-0.2, -0.15) is 0 Å². The number of nitro benzene ring substituents is 1. The van der Waals surface area contributed by atoms with Crippen LogP contribution in [-0.2, 0) is 9.59 Å². The SMILES string of the molecule is CCCCCCCCCCCCCCCCN1C(=O)C(=O)/C(=C(/O)c2ccc(OC)cc2)[C@H]1c1cccc([N+](=O)[O-])c1. The van der Waals surface area contributed by atoms with Crippen LogP contribution in [0.5, 0.6) is 5.75 Å². The smallest absolute Gasteiger partial charge is 0.295 e. The van der Waals surface area contributed by atoms with Crippen molar-refractivity contribution in [1.29, 1.82) is 0 Å². The van der Waals surface area contributed by atoms with Crippen LogP contribution in [0.15, 0.2) is 54.1 Å². The lowest BCUT2D eigenvalue weighted by Crippen LogP contribution is -2.30. The number of unbranched alkanes of at least 4 members (excludes halogenated alkanes) is 13. The third kappa shape index (κ3) is 9.16. The number of aliphatic hydroxyl groups excluding tert-OH is 1. The normalized spacial score (nSPS) is 16.2. The number of ether oxygens (including phenoxy) is 1. The fourth-order valence-electron chi connectivity index (χ4n) is 5.65. The molecular formula is C34H46N2O6. The van der Waals surface area contributed by atoms with E-state index in [9.17, 15) is 24.8 Å². The van der Waals surface area contributed by atoms with E-state index in [1.54, 1.807) is 30.3 Å². The maximum absolute atomic E-state index is 13.2. The zero-order valence-electron chi connectivity index (χ0n) is 25.2. The van der Waals surface area contributed by atoms with Crippen molar-refractivity contribution in [3.8, 4) is 5.75 Å². The Hall–Kier alpha value is -3.68. The number of likely N-dealkylation sites (tertiary alicyclic amines) is 1. The summed E-state index contributed by atoms with van der Waals surface area (Å²) in [5.74, 6) is -1.21. The molecule has 0 aliphatic carbocycles. The Bertz CT molecular complexity index is 1210. The first-order chi connectivity index (χ1) is 20.4. The number of rotatable bonds is 19. The molecule has 42 heavy (non-hydrogen) atoms. The van der Waals surface area contributed by atoms with Gasteiger partial charge < -0.3 is 14.7 Å². The summed E-state index contributed by atoms with van der Waals surface area (Å²) in [5.41, 5.74) is 0.583. The average Bonchev–Trinajstić information content (AvgIpc) is 3.26. The van der Waals surface area contributed by atoms with Gasteiger partial charge in [0, 0.05) is 24.2 Å². The number of Topliss-reactive ketones (excluding diaryl/α,β-unsaturated/α-hetero) is 1. The number of carbonyl (C=O) groups excluding carboxylic acids is 2. The number of methoxy groups -OCH3 is 1. The minimum atomic E-state index is -0.908. The van der Waals surface area contributed by atoms with E-state index in [1.165, 1.54) is 94.4 Å². The number of ketones is 1. The van der Waals surface area contributed by atoms with Gasteiger partial charge in [-0.25, -0.2) is 0 Å². The summed E-state index contributed by atoms with van der Waals surface area (Å²) in [6.07, 6.45) is 16.9. The molecule has 0 unspecified atom stereocenters. The lowest BCUT2D eigenvalue weighted by molar-refractivity contribution is -0.384. The van der Waals surface area contributed by atoms with Crippen LogP contribution >= 0.6 is 0 Å². The minimum absolute atomic E-state index is 0.0592. The second kappa shape index (κ2) is 17.3. The van der Waals surface area contributed by atoms with Crippen molar-refractivity contribution in [2.24, 2.45) is 0 Å². The zero-order chi connectivity index (χ0) is 30.3. The van der Waals surface area contributed by atoms with Crippen LogP contribution in [0.25, 0.3) is 5.76 Å². The molecule has 1 aliphatic heterocycles. The quantitative estimate of drug-likeness (QED) is 0.0447. The van der Waals surface area contributed by atoms with Crippen molar-refractivity contribution >= 4 is 23.1 Å². The average molecular weight is 579 g/mol. The summed E-state index contributed by atoms with van der Waals surface area (Å²) in [4.78, 5) is 38.9. The summed E-state index contributed by atoms with van der Waals surface area (Å²) in [5, 5.41) is 22.7. The van der Waals surface area contributed by atoms with Gasteiger partial charge in [0.1, 0.15) is 11.5 Å². The fraction of sp³-hybridized carbons (Fsp3) is 0.529.